The summed E-state index contributed by atoms with van der Waals surface area (Å²) in [5, 5.41) is 12.3. The molecule has 21 heavy (non-hydrogen) atoms. The summed E-state index contributed by atoms with van der Waals surface area (Å²) in [7, 11) is 0. The van der Waals surface area contributed by atoms with Gasteiger partial charge in [-0.2, -0.15) is 0 Å². The molecule has 2 rings (SSSR count). The third-order valence-corrected chi connectivity index (χ3v) is 4.29. The van der Waals surface area contributed by atoms with Crippen molar-refractivity contribution in [1.29, 1.82) is 0 Å². The molecule has 1 aromatic heterocycles. The van der Waals surface area contributed by atoms with E-state index < -0.39 is 0 Å². The predicted octanol–water partition coefficient (Wildman–Crippen LogP) is 3.80. The molecule has 0 saturated heterocycles. The van der Waals surface area contributed by atoms with E-state index in [1.165, 1.54) is 22.5 Å². The average Bonchev–Trinajstić information content (AvgIpc) is 2.93. The Labute approximate surface area is 129 Å². The Balaban J connectivity index is 1.83. The van der Waals surface area contributed by atoms with E-state index in [4.69, 9.17) is 0 Å². The van der Waals surface area contributed by atoms with Crippen molar-refractivity contribution in [2.75, 3.05) is 5.32 Å². The van der Waals surface area contributed by atoms with Crippen molar-refractivity contribution in [3.05, 3.63) is 40.4 Å². The van der Waals surface area contributed by atoms with E-state index in [0.717, 1.165) is 17.8 Å². The van der Waals surface area contributed by atoms with Crippen molar-refractivity contribution in [3.63, 3.8) is 0 Å². The summed E-state index contributed by atoms with van der Waals surface area (Å²) in [6.07, 6.45) is 2.04. The van der Waals surface area contributed by atoms with Crippen LogP contribution in [0.25, 0.3) is 0 Å². The molecule has 0 unspecified atom stereocenters. The fourth-order valence-corrected chi connectivity index (χ4v) is 2.65. The van der Waals surface area contributed by atoms with Gasteiger partial charge < -0.3 is 5.32 Å². The van der Waals surface area contributed by atoms with Crippen LogP contribution in [0.1, 0.15) is 49.2 Å². The van der Waals surface area contributed by atoms with E-state index >= 15 is 0 Å². The fraction of sp³-hybridized carbons (Fsp3) is 0.438. The number of carbonyl (C=O) groups excluding carboxylic acids is 1. The van der Waals surface area contributed by atoms with Crippen LogP contribution >= 0.6 is 11.3 Å². The number of nitrogens with one attached hydrogen (secondary N) is 1. The lowest BCUT2D eigenvalue weighted by atomic mass is 10.0. The Kier molecular flexibility index (Phi) is 5.44. The van der Waals surface area contributed by atoms with Gasteiger partial charge >= 0.3 is 0 Å². The Hall–Kier alpha value is -1.75. The highest BCUT2D eigenvalue weighted by atomic mass is 32.1. The zero-order chi connectivity index (χ0) is 15.2. The molecule has 0 bridgehead atoms. The molecule has 0 saturated carbocycles. The van der Waals surface area contributed by atoms with Gasteiger partial charge in [0.1, 0.15) is 5.01 Å². The maximum atomic E-state index is 11.9. The minimum atomic E-state index is -0.0123. The quantitative estimate of drug-likeness (QED) is 0.883. The number of hydrogen-bond acceptors (Lipinski definition) is 4. The number of carbonyl (C=O) groups is 1. The van der Waals surface area contributed by atoms with Crippen LogP contribution in [0.5, 0.6) is 0 Å². The second-order valence-electron chi connectivity index (χ2n) is 5.30. The molecule has 0 aliphatic heterocycles. The van der Waals surface area contributed by atoms with Crippen LogP contribution in [0, 0.1) is 0 Å². The normalized spacial score (nSPS) is 10.9. The van der Waals surface area contributed by atoms with Gasteiger partial charge in [0.25, 0.3) is 0 Å². The van der Waals surface area contributed by atoms with E-state index in [2.05, 4.69) is 53.6 Å². The van der Waals surface area contributed by atoms with E-state index in [1.54, 1.807) is 0 Å². The lowest BCUT2D eigenvalue weighted by Crippen LogP contribution is -2.12. The third-order valence-electron chi connectivity index (χ3n) is 3.30. The topological polar surface area (TPSA) is 54.9 Å². The summed E-state index contributed by atoms with van der Waals surface area (Å²) in [6.45, 7) is 6.37. The van der Waals surface area contributed by atoms with Crippen molar-refractivity contribution < 1.29 is 4.79 Å². The Morgan fingerprint density at radius 1 is 1.24 bits per heavy atom. The van der Waals surface area contributed by atoms with Gasteiger partial charge in [0, 0.05) is 6.42 Å². The van der Waals surface area contributed by atoms with Gasteiger partial charge in [-0.25, -0.2) is 0 Å². The second kappa shape index (κ2) is 7.31. The maximum absolute atomic E-state index is 11.9. The van der Waals surface area contributed by atoms with E-state index in [0.29, 0.717) is 17.5 Å². The summed E-state index contributed by atoms with van der Waals surface area (Å²) in [4.78, 5) is 11.9. The van der Waals surface area contributed by atoms with Crippen molar-refractivity contribution in [2.24, 2.45) is 0 Å². The molecule has 1 heterocycles. The summed E-state index contributed by atoms with van der Waals surface area (Å²) in [5.74, 6) is 0.522. The molecule has 0 spiro atoms. The standard InChI is InChI=1S/C16H21N3OS/c1-4-15-18-19-16(21-15)17-14(20)10-7-12-5-8-13(9-6-12)11(2)3/h5-6,8-9,11H,4,7,10H2,1-3H3,(H,17,19,20). The molecule has 1 N–H and O–H groups in total. The number of hydrogen-bond donors (Lipinski definition) is 1. The first-order valence-electron chi connectivity index (χ1n) is 7.29. The Morgan fingerprint density at radius 2 is 1.95 bits per heavy atom. The summed E-state index contributed by atoms with van der Waals surface area (Å²) >= 11 is 1.43. The number of anilines is 1. The molecule has 0 atom stereocenters. The molecule has 112 valence electrons. The maximum Gasteiger partial charge on any atom is 0.226 e. The molecular formula is C16H21N3OS. The number of nitrogens with zero attached hydrogens (tertiary/aromatic N) is 2. The number of rotatable bonds is 6. The van der Waals surface area contributed by atoms with Gasteiger partial charge in [-0.05, 0) is 29.9 Å². The first-order valence-corrected chi connectivity index (χ1v) is 8.11. The third kappa shape index (κ3) is 4.63. The summed E-state index contributed by atoms with van der Waals surface area (Å²) in [5.41, 5.74) is 2.50. The van der Waals surface area contributed by atoms with Crippen LogP contribution in [0.2, 0.25) is 0 Å². The van der Waals surface area contributed by atoms with E-state index in [-0.39, 0.29) is 5.91 Å². The molecule has 2 aromatic rings. The van der Waals surface area contributed by atoms with Gasteiger partial charge in [-0.15, -0.1) is 10.2 Å². The number of aryl methyl sites for hydroxylation is 2. The average molecular weight is 303 g/mol. The SMILES string of the molecule is CCc1nnc(NC(=O)CCc2ccc(C(C)C)cc2)s1. The van der Waals surface area contributed by atoms with Crippen LogP contribution in [0.3, 0.4) is 0 Å². The zero-order valence-electron chi connectivity index (χ0n) is 12.7. The highest BCUT2D eigenvalue weighted by molar-refractivity contribution is 7.15. The van der Waals surface area contributed by atoms with E-state index in [1.807, 2.05) is 6.92 Å². The Bertz CT molecular complexity index is 590. The highest BCUT2D eigenvalue weighted by Gasteiger charge is 2.08. The van der Waals surface area contributed by atoms with Crippen molar-refractivity contribution in [3.8, 4) is 0 Å². The number of amides is 1. The van der Waals surface area contributed by atoms with Gasteiger partial charge in [0.15, 0.2) is 0 Å². The van der Waals surface area contributed by atoms with Crippen LogP contribution < -0.4 is 5.32 Å². The van der Waals surface area contributed by atoms with Crippen molar-refractivity contribution >= 4 is 22.4 Å². The molecule has 5 heteroatoms. The Morgan fingerprint density at radius 3 is 2.52 bits per heavy atom. The molecular weight excluding hydrogens is 282 g/mol. The van der Waals surface area contributed by atoms with Crippen LogP contribution in [-0.4, -0.2) is 16.1 Å². The fourth-order valence-electron chi connectivity index (χ4n) is 1.96. The largest absolute Gasteiger partial charge is 0.301 e. The summed E-state index contributed by atoms with van der Waals surface area (Å²) in [6, 6.07) is 8.47. The first kappa shape index (κ1) is 15.6. The van der Waals surface area contributed by atoms with Crippen LogP contribution in [0.15, 0.2) is 24.3 Å². The number of benzene rings is 1. The van der Waals surface area contributed by atoms with Crippen LogP contribution in [-0.2, 0) is 17.6 Å². The van der Waals surface area contributed by atoms with Crippen LogP contribution in [0.4, 0.5) is 5.13 Å². The minimum absolute atomic E-state index is 0.0123. The minimum Gasteiger partial charge on any atom is -0.301 e. The molecule has 0 radical (unpaired) electrons. The van der Waals surface area contributed by atoms with Crippen molar-refractivity contribution in [1.82, 2.24) is 10.2 Å². The monoisotopic (exact) mass is 303 g/mol. The van der Waals surface area contributed by atoms with Gasteiger partial charge in [0.05, 0.1) is 0 Å². The molecule has 0 aliphatic rings. The van der Waals surface area contributed by atoms with E-state index in [9.17, 15) is 4.79 Å². The zero-order valence-corrected chi connectivity index (χ0v) is 13.5. The summed E-state index contributed by atoms with van der Waals surface area (Å²) < 4.78 is 0. The molecule has 0 aliphatic carbocycles. The lowest BCUT2D eigenvalue weighted by molar-refractivity contribution is -0.116. The lowest BCUT2D eigenvalue weighted by Gasteiger charge is -2.06. The smallest absolute Gasteiger partial charge is 0.226 e. The molecule has 1 aromatic carbocycles. The van der Waals surface area contributed by atoms with Gasteiger partial charge in [0.2, 0.25) is 11.0 Å². The second-order valence-corrected chi connectivity index (χ2v) is 6.36. The predicted molar refractivity (Wildman–Crippen MR) is 86.8 cm³/mol. The highest BCUT2D eigenvalue weighted by Crippen LogP contribution is 2.17. The first-order chi connectivity index (χ1) is 10.1. The number of aromatic nitrogens is 2. The molecule has 1 amide bonds. The van der Waals surface area contributed by atoms with Crippen molar-refractivity contribution in [2.45, 2.75) is 46.0 Å². The molecule has 4 nitrogen and oxygen atoms in total. The van der Waals surface area contributed by atoms with Gasteiger partial charge in [-0.1, -0.05) is 56.4 Å². The van der Waals surface area contributed by atoms with Gasteiger partial charge in [-0.3, -0.25) is 4.79 Å². The molecule has 0 fully saturated rings.